The van der Waals surface area contributed by atoms with Gasteiger partial charge in [0.2, 0.25) is 4.33 Å². The maximum atomic E-state index is 10.1. The molecule has 0 aliphatic heterocycles. The van der Waals surface area contributed by atoms with Crippen LogP contribution in [0.3, 0.4) is 0 Å². The van der Waals surface area contributed by atoms with E-state index in [0.29, 0.717) is 0 Å². The van der Waals surface area contributed by atoms with Gasteiger partial charge in [-0.05, 0) is 0 Å². The van der Waals surface area contributed by atoms with E-state index in [9.17, 15) is 4.79 Å². The zero-order chi connectivity index (χ0) is 6.78. The largest absolute Gasteiger partial charge is 0.367 e. The highest BCUT2D eigenvalue weighted by Crippen LogP contribution is 2.20. The van der Waals surface area contributed by atoms with Gasteiger partial charge < -0.3 is 5.73 Å². The second-order valence-electron chi connectivity index (χ2n) is 1.20. The maximum Gasteiger partial charge on any atom is 0.255 e. The van der Waals surface area contributed by atoms with Crippen molar-refractivity contribution in [2.45, 2.75) is 4.33 Å². The van der Waals surface area contributed by atoms with Crippen molar-refractivity contribution in [2.24, 2.45) is 5.73 Å². The Labute approximate surface area is 61.9 Å². The van der Waals surface area contributed by atoms with Gasteiger partial charge in [0.05, 0.1) is 5.88 Å². The summed E-state index contributed by atoms with van der Waals surface area (Å²) in [5.41, 5.74) is 4.69. The summed E-state index contributed by atoms with van der Waals surface area (Å²) in [6, 6.07) is 0. The van der Waals surface area contributed by atoms with Gasteiger partial charge >= 0.3 is 0 Å². The molecule has 0 aromatic carbocycles. The SMILES string of the molecule is NC(=O)C(Cl)(Cl)CCl. The first kappa shape index (κ1) is 8.34. The first-order valence-corrected chi connectivity index (χ1v) is 3.03. The third kappa shape index (κ3) is 2.07. The molecule has 0 unspecified atom stereocenters. The molecule has 0 heterocycles. The van der Waals surface area contributed by atoms with Crippen molar-refractivity contribution < 1.29 is 4.79 Å². The van der Waals surface area contributed by atoms with Gasteiger partial charge in [-0.25, -0.2) is 0 Å². The molecule has 0 aromatic rings. The summed E-state index contributed by atoms with van der Waals surface area (Å²) in [5, 5.41) is 0. The van der Waals surface area contributed by atoms with Crippen LogP contribution in [0.25, 0.3) is 0 Å². The van der Waals surface area contributed by atoms with Crippen LogP contribution in [-0.4, -0.2) is 16.1 Å². The normalized spacial score (nSPS) is 11.4. The molecule has 0 aromatic heterocycles. The molecule has 2 N–H and O–H groups in total. The predicted octanol–water partition coefficient (Wildman–Crippen LogP) is 0.884. The Balaban J connectivity index is 3.91. The molecule has 0 radical (unpaired) electrons. The Bertz CT molecular complexity index is 103. The quantitative estimate of drug-likeness (QED) is 0.624. The Kier molecular flexibility index (Phi) is 2.88. The van der Waals surface area contributed by atoms with E-state index in [1.54, 1.807) is 0 Å². The smallest absolute Gasteiger partial charge is 0.255 e. The number of hydrogen-bond acceptors (Lipinski definition) is 1. The molecule has 0 saturated heterocycles. The highest BCUT2D eigenvalue weighted by atomic mass is 35.5. The number of amides is 1. The summed E-state index contributed by atoms with van der Waals surface area (Å²) in [6.07, 6.45) is 0. The van der Waals surface area contributed by atoms with Crippen molar-refractivity contribution in [3.05, 3.63) is 0 Å². The predicted molar refractivity (Wildman–Crippen MR) is 34.4 cm³/mol. The second-order valence-corrected chi connectivity index (χ2v) is 2.95. The highest BCUT2D eigenvalue weighted by Gasteiger charge is 2.29. The van der Waals surface area contributed by atoms with Gasteiger partial charge in [-0.15, -0.1) is 11.6 Å². The number of alkyl halides is 3. The fourth-order valence-electron chi connectivity index (χ4n) is 0.0659. The lowest BCUT2D eigenvalue weighted by Crippen LogP contribution is -2.34. The third-order valence-electron chi connectivity index (χ3n) is 0.528. The maximum absolute atomic E-state index is 10.1. The molecule has 2 nitrogen and oxygen atoms in total. The first-order valence-electron chi connectivity index (χ1n) is 1.74. The molecule has 0 fully saturated rings. The van der Waals surface area contributed by atoms with Crippen molar-refractivity contribution in [2.75, 3.05) is 5.88 Å². The van der Waals surface area contributed by atoms with Crippen LogP contribution in [0.1, 0.15) is 0 Å². The van der Waals surface area contributed by atoms with Crippen LogP contribution >= 0.6 is 34.8 Å². The molecule has 1 amide bonds. The molecule has 5 heteroatoms. The van der Waals surface area contributed by atoms with E-state index < -0.39 is 10.2 Å². The van der Waals surface area contributed by atoms with Crippen molar-refractivity contribution in [3.8, 4) is 0 Å². The molecule has 48 valence electrons. The van der Waals surface area contributed by atoms with Crippen molar-refractivity contribution in [3.63, 3.8) is 0 Å². The van der Waals surface area contributed by atoms with Crippen LogP contribution in [0.2, 0.25) is 0 Å². The second kappa shape index (κ2) is 2.76. The van der Waals surface area contributed by atoms with E-state index in [0.717, 1.165) is 0 Å². The number of carbonyl (C=O) groups excluding carboxylic acids is 1. The average molecular weight is 176 g/mol. The van der Waals surface area contributed by atoms with Gasteiger partial charge in [-0.1, -0.05) is 23.2 Å². The lowest BCUT2D eigenvalue weighted by Gasteiger charge is -2.08. The van der Waals surface area contributed by atoms with Gasteiger partial charge in [0.1, 0.15) is 0 Å². The highest BCUT2D eigenvalue weighted by molar-refractivity contribution is 6.60. The minimum atomic E-state index is -1.61. The van der Waals surface area contributed by atoms with E-state index in [-0.39, 0.29) is 5.88 Å². The van der Waals surface area contributed by atoms with Gasteiger partial charge in [0.25, 0.3) is 5.91 Å². The van der Waals surface area contributed by atoms with Crippen molar-refractivity contribution in [1.29, 1.82) is 0 Å². The van der Waals surface area contributed by atoms with E-state index in [2.05, 4.69) is 0 Å². The van der Waals surface area contributed by atoms with Crippen LogP contribution in [-0.2, 0) is 4.79 Å². The molecule has 0 atom stereocenters. The topological polar surface area (TPSA) is 43.1 Å². The molecular formula is C3H4Cl3NO. The molecule has 0 aliphatic rings. The average Bonchev–Trinajstić information content (AvgIpc) is 1.67. The Morgan fingerprint density at radius 3 is 2.00 bits per heavy atom. The Hall–Kier alpha value is 0.340. The van der Waals surface area contributed by atoms with E-state index in [1.165, 1.54) is 0 Å². The van der Waals surface area contributed by atoms with Gasteiger partial charge in [0, 0.05) is 0 Å². The first-order chi connectivity index (χ1) is 3.50. The van der Waals surface area contributed by atoms with Crippen LogP contribution in [0.4, 0.5) is 0 Å². The minimum Gasteiger partial charge on any atom is -0.367 e. The molecule has 0 spiro atoms. The fraction of sp³-hybridized carbons (Fsp3) is 0.667. The number of rotatable bonds is 2. The molecular weight excluding hydrogens is 172 g/mol. The summed E-state index contributed by atoms with van der Waals surface area (Å²) >= 11 is 15.6. The van der Waals surface area contributed by atoms with Gasteiger partial charge in [-0.2, -0.15) is 0 Å². The van der Waals surface area contributed by atoms with Gasteiger partial charge in [0.15, 0.2) is 0 Å². The number of nitrogens with two attached hydrogens (primary N) is 1. The summed E-state index contributed by atoms with van der Waals surface area (Å²) in [7, 11) is 0. The lowest BCUT2D eigenvalue weighted by molar-refractivity contribution is -0.118. The molecule has 0 rings (SSSR count). The van der Waals surface area contributed by atoms with Crippen LogP contribution in [0, 0.1) is 0 Å². The van der Waals surface area contributed by atoms with Crippen LogP contribution in [0.15, 0.2) is 0 Å². The number of carbonyl (C=O) groups is 1. The lowest BCUT2D eigenvalue weighted by atomic mass is 10.4. The summed E-state index contributed by atoms with van der Waals surface area (Å²) in [5.74, 6) is -1.01. The number of primary amides is 1. The molecule has 8 heavy (non-hydrogen) atoms. The van der Waals surface area contributed by atoms with E-state index in [4.69, 9.17) is 40.5 Å². The Morgan fingerprint density at radius 1 is 1.62 bits per heavy atom. The molecule has 0 saturated carbocycles. The third-order valence-corrected chi connectivity index (χ3v) is 1.84. The molecule has 0 aliphatic carbocycles. The van der Waals surface area contributed by atoms with Crippen molar-refractivity contribution >= 4 is 40.7 Å². The molecule has 0 bridgehead atoms. The summed E-state index contributed by atoms with van der Waals surface area (Å²) < 4.78 is -1.61. The number of hydrogen-bond donors (Lipinski definition) is 1. The number of halogens is 3. The zero-order valence-electron chi connectivity index (χ0n) is 3.83. The van der Waals surface area contributed by atoms with Crippen LogP contribution < -0.4 is 5.73 Å². The zero-order valence-corrected chi connectivity index (χ0v) is 6.09. The van der Waals surface area contributed by atoms with E-state index in [1.807, 2.05) is 0 Å². The Morgan fingerprint density at radius 2 is 2.00 bits per heavy atom. The van der Waals surface area contributed by atoms with Crippen molar-refractivity contribution in [1.82, 2.24) is 0 Å². The fourth-order valence-corrected chi connectivity index (χ4v) is 0.198. The standard InChI is InChI=1S/C3H4Cl3NO/c4-1-3(5,6)2(7)8/h1H2,(H2,7,8). The summed E-state index contributed by atoms with van der Waals surface area (Å²) in [4.78, 5) is 10.1. The van der Waals surface area contributed by atoms with E-state index >= 15 is 0 Å². The summed E-state index contributed by atoms with van der Waals surface area (Å²) in [6.45, 7) is 0. The van der Waals surface area contributed by atoms with Crippen LogP contribution in [0.5, 0.6) is 0 Å². The monoisotopic (exact) mass is 175 g/mol. The minimum absolute atomic E-state index is 0.189. The van der Waals surface area contributed by atoms with Gasteiger partial charge in [-0.3, -0.25) is 4.79 Å².